The molecule has 1 aliphatic heterocycles. The van der Waals surface area contributed by atoms with Crippen LogP contribution in [0.15, 0.2) is 30.3 Å². The molecule has 0 spiro atoms. The van der Waals surface area contributed by atoms with Crippen LogP contribution in [0.1, 0.15) is 30.1 Å². The van der Waals surface area contributed by atoms with E-state index >= 15 is 0 Å². The molecule has 0 saturated carbocycles. The van der Waals surface area contributed by atoms with Crippen molar-refractivity contribution in [2.75, 3.05) is 17.7 Å². The zero-order chi connectivity index (χ0) is 25.2. The molecule has 6 nitrogen and oxygen atoms in total. The Hall–Kier alpha value is -2.24. The van der Waals surface area contributed by atoms with E-state index in [9.17, 15) is 26.6 Å². The van der Waals surface area contributed by atoms with E-state index in [2.05, 4.69) is 9.46 Å². The SMILES string of the molecule is CC(Oc1cc(F)c(C(=O)NS(C)=O)cc1Cl)C1CCCN1c1ccc(OC(F)(F)F)c(Cl)c1. The summed E-state index contributed by atoms with van der Waals surface area (Å²) in [5, 5.41) is -0.206. The highest BCUT2D eigenvalue weighted by Crippen LogP contribution is 2.37. The smallest absolute Gasteiger partial charge is 0.487 e. The fourth-order valence-corrected chi connectivity index (χ4v) is 4.53. The standard InChI is InChI=1S/C21H20Cl2F4N2O4S/c1-11(32-19-10-16(24)13(9-15(19)23)20(30)28-34(2)31)17-4-3-7-29(17)12-5-6-18(14(22)8-12)33-21(25,26)27/h5-6,8-11,17H,3-4,7H2,1-2H3,(H,28,30). The monoisotopic (exact) mass is 542 g/mol. The van der Waals surface area contributed by atoms with E-state index in [4.69, 9.17) is 27.9 Å². The minimum atomic E-state index is -4.86. The molecule has 34 heavy (non-hydrogen) atoms. The van der Waals surface area contributed by atoms with Gasteiger partial charge in [-0.3, -0.25) is 9.52 Å². The topological polar surface area (TPSA) is 67.9 Å². The highest BCUT2D eigenvalue weighted by molar-refractivity contribution is 7.82. The van der Waals surface area contributed by atoms with Crippen LogP contribution >= 0.6 is 23.2 Å². The lowest BCUT2D eigenvalue weighted by Crippen LogP contribution is -2.40. The number of rotatable bonds is 7. The summed E-state index contributed by atoms with van der Waals surface area (Å²) in [6, 6.07) is 5.85. The highest BCUT2D eigenvalue weighted by Gasteiger charge is 2.34. The number of carbonyl (C=O) groups excluding carboxylic acids is 1. The highest BCUT2D eigenvalue weighted by atomic mass is 35.5. The molecule has 3 atom stereocenters. The summed E-state index contributed by atoms with van der Waals surface area (Å²) in [5.41, 5.74) is 0.202. The van der Waals surface area contributed by atoms with E-state index < -0.39 is 40.9 Å². The first-order valence-electron chi connectivity index (χ1n) is 9.97. The molecule has 0 aliphatic carbocycles. The van der Waals surface area contributed by atoms with Crippen LogP contribution in [0.4, 0.5) is 23.2 Å². The van der Waals surface area contributed by atoms with Gasteiger partial charge in [-0.2, -0.15) is 0 Å². The number of ether oxygens (including phenoxy) is 2. The second kappa shape index (κ2) is 10.6. The first-order valence-corrected chi connectivity index (χ1v) is 12.3. The predicted molar refractivity (Wildman–Crippen MR) is 122 cm³/mol. The Kier molecular flexibility index (Phi) is 8.20. The van der Waals surface area contributed by atoms with Gasteiger partial charge in [0.2, 0.25) is 0 Å². The molecule has 0 bridgehead atoms. The Labute approximate surface area is 205 Å². The van der Waals surface area contributed by atoms with E-state index in [1.807, 2.05) is 4.90 Å². The Morgan fingerprint density at radius 2 is 1.88 bits per heavy atom. The number of halogens is 6. The van der Waals surface area contributed by atoms with Crippen molar-refractivity contribution in [1.82, 2.24) is 4.72 Å². The molecular formula is C21H20Cl2F4N2O4S. The maximum atomic E-state index is 14.5. The van der Waals surface area contributed by atoms with Crippen LogP contribution in [0.5, 0.6) is 11.5 Å². The minimum Gasteiger partial charge on any atom is -0.487 e. The summed E-state index contributed by atoms with van der Waals surface area (Å²) in [7, 11) is -1.68. The maximum Gasteiger partial charge on any atom is 0.573 e. The maximum absolute atomic E-state index is 14.5. The third-order valence-electron chi connectivity index (χ3n) is 5.13. The van der Waals surface area contributed by atoms with Gasteiger partial charge in [-0.25, -0.2) is 8.60 Å². The van der Waals surface area contributed by atoms with Gasteiger partial charge in [0.25, 0.3) is 5.91 Å². The summed E-state index contributed by atoms with van der Waals surface area (Å²) in [4.78, 5) is 13.9. The molecule has 1 aliphatic rings. The quantitative estimate of drug-likeness (QED) is 0.468. The summed E-state index contributed by atoms with van der Waals surface area (Å²) in [5.74, 6) is -2.27. The van der Waals surface area contributed by atoms with E-state index in [0.717, 1.165) is 24.6 Å². The number of amides is 1. The predicted octanol–water partition coefficient (Wildman–Crippen LogP) is 5.49. The number of hydrogen-bond donors (Lipinski definition) is 1. The van der Waals surface area contributed by atoms with Crippen LogP contribution in [0.25, 0.3) is 0 Å². The third kappa shape index (κ3) is 6.45. The number of alkyl halides is 3. The van der Waals surface area contributed by atoms with E-state index in [-0.39, 0.29) is 27.4 Å². The van der Waals surface area contributed by atoms with Crippen molar-refractivity contribution in [1.29, 1.82) is 0 Å². The minimum absolute atomic E-state index is 0.0125. The van der Waals surface area contributed by atoms with Crippen molar-refractivity contribution in [2.45, 2.75) is 38.3 Å². The fourth-order valence-electron chi connectivity index (χ4n) is 3.73. The van der Waals surface area contributed by atoms with Crippen molar-refractivity contribution in [3.63, 3.8) is 0 Å². The molecule has 1 heterocycles. The molecule has 186 valence electrons. The average molecular weight is 543 g/mol. The molecule has 0 aromatic heterocycles. The van der Waals surface area contributed by atoms with Gasteiger partial charge in [-0.05, 0) is 44.0 Å². The fraction of sp³-hybridized carbons (Fsp3) is 0.381. The van der Waals surface area contributed by atoms with Crippen molar-refractivity contribution in [3.05, 3.63) is 51.8 Å². The second-order valence-corrected chi connectivity index (χ2v) is 9.46. The number of carbonyl (C=O) groups is 1. The number of hydrogen-bond acceptors (Lipinski definition) is 5. The zero-order valence-electron chi connectivity index (χ0n) is 17.9. The summed E-state index contributed by atoms with van der Waals surface area (Å²) >= 11 is 12.2. The summed E-state index contributed by atoms with van der Waals surface area (Å²) in [6.07, 6.45) is -2.66. The summed E-state index contributed by atoms with van der Waals surface area (Å²) < 4.78 is 75.0. The second-order valence-electron chi connectivity index (χ2n) is 7.54. The third-order valence-corrected chi connectivity index (χ3v) is 6.19. The van der Waals surface area contributed by atoms with Crippen LogP contribution < -0.4 is 19.1 Å². The normalized spacial score (nSPS) is 17.9. The molecule has 2 aromatic carbocycles. The number of anilines is 1. The molecule has 2 aromatic rings. The van der Waals surface area contributed by atoms with Gasteiger partial charge in [0.05, 0.1) is 21.7 Å². The van der Waals surface area contributed by atoms with Gasteiger partial charge in [0.15, 0.2) is 0 Å². The van der Waals surface area contributed by atoms with Gasteiger partial charge in [0, 0.05) is 24.6 Å². The van der Waals surface area contributed by atoms with Crippen LogP contribution in [-0.2, 0) is 11.0 Å². The Morgan fingerprint density at radius 1 is 1.21 bits per heavy atom. The molecule has 1 fully saturated rings. The largest absolute Gasteiger partial charge is 0.573 e. The van der Waals surface area contributed by atoms with Gasteiger partial charge in [0.1, 0.15) is 34.4 Å². The van der Waals surface area contributed by atoms with Gasteiger partial charge in [-0.1, -0.05) is 23.2 Å². The van der Waals surface area contributed by atoms with E-state index in [1.165, 1.54) is 18.4 Å². The Balaban J connectivity index is 1.77. The number of nitrogens with zero attached hydrogens (tertiary/aromatic N) is 1. The van der Waals surface area contributed by atoms with Crippen LogP contribution in [-0.4, -0.2) is 41.4 Å². The first kappa shape index (κ1) is 26.4. The van der Waals surface area contributed by atoms with Crippen LogP contribution in [0.3, 0.4) is 0 Å². The average Bonchev–Trinajstić information content (AvgIpc) is 3.20. The van der Waals surface area contributed by atoms with Crippen LogP contribution in [0.2, 0.25) is 10.0 Å². The molecule has 1 amide bonds. The lowest BCUT2D eigenvalue weighted by molar-refractivity contribution is -0.274. The molecule has 1 saturated heterocycles. The zero-order valence-corrected chi connectivity index (χ0v) is 20.2. The molecule has 1 N–H and O–H groups in total. The lowest BCUT2D eigenvalue weighted by Gasteiger charge is -2.32. The Bertz CT molecular complexity index is 1100. The summed E-state index contributed by atoms with van der Waals surface area (Å²) in [6.45, 7) is 2.35. The Morgan fingerprint density at radius 3 is 2.50 bits per heavy atom. The molecule has 3 rings (SSSR count). The molecule has 0 radical (unpaired) electrons. The number of nitrogens with one attached hydrogen (secondary N) is 1. The molecular weight excluding hydrogens is 523 g/mol. The molecule has 13 heteroatoms. The van der Waals surface area contributed by atoms with E-state index in [1.54, 1.807) is 6.92 Å². The van der Waals surface area contributed by atoms with Gasteiger partial charge >= 0.3 is 6.36 Å². The van der Waals surface area contributed by atoms with Crippen LogP contribution in [0, 0.1) is 5.82 Å². The van der Waals surface area contributed by atoms with Crippen molar-refractivity contribution in [2.24, 2.45) is 0 Å². The lowest BCUT2D eigenvalue weighted by atomic mass is 10.1. The van der Waals surface area contributed by atoms with Crippen molar-refractivity contribution < 1.29 is 36.0 Å². The van der Waals surface area contributed by atoms with Crippen molar-refractivity contribution >= 4 is 45.8 Å². The molecule has 3 unspecified atom stereocenters. The van der Waals surface area contributed by atoms with Gasteiger partial charge in [-0.15, -0.1) is 13.2 Å². The first-order chi connectivity index (χ1) is 15.9. The van der Waals surface area contributed by atoms with Gasteiger partial charge < -0.3 is 14.4 Å². The van der Waals surface area contributed by atoms with Crippen molar-refractivity contribution in [3.8, 4) is 11.5 Å². The number of benzene rings is 2. The van der Waals surface area contributed by atoms with E-state index in [0.29, 0.717) is 18.7 Å².